The predicted molar refractivity (Wildman–Crippen MR) is 58.3 cm³/mol. The number of aryl methyl sites for hydroxylation is 4. The van der Waals surface area contributed by atoms with E-state index in [1.165, 1.54) is 28.0 Å². The molecule has 1 aromatic heterocycles. The first kappa shape index (κ1) is 9.25. The Balaban J connectivity index is 3.02. The number of imidazole rings is 1. The molecule has 0 fully saturated rings. The molecule has 2 nitrogen and oxygen atoms in total. The molecule has 2 aromatic rings. The summed E-state index contributed by atoms with van der Waals surface area (Å²) in [6, 6.07) is 4.48. The van der Waals surface area contributed by atoms with E-state index in [1.54, 1.807) is 0 Å². The molecule has 1 aromatic carbocycles. The zero-order valence-electron chi connectivity index (χ0n) is 9.55. The van der Waals surface area contributed by atoms with Crippen LogP contribution in [0.2, 0.25) is 0 Å². The number of rotatable bonds is 0. The number of fused-ring (bicyclic) bond motifs is 1. The van der Waals surface area contributed by atoms with Gasteiger partial charge < -0.3 is 0 Å². The van der Waals surface area contributed by atoms with Crippen LogP contribution in [0, 0.1) is 20.8 Å². The van der Waals surface area contributed by atoms with Crippen molar-refractivity contribution in [3.8, 4) is 0 Å². The molecule has 0 unspecified atom stereocenters. The lowest BCUT2D eigenvalue weighted by Crippen LogP contribution is -2.30. The van der Waals surface area contributed by atoms with Gasteiger partial charge in [-0.2, -0.15) is 0 Å². The minimum atomic E-state index is 1.29. The van der Waals surface area contributed by atoms with Gasteiger partial charge in [0.1, 0.15) is 0 Å². The number of hydrogen-bond donors (Lipinski definition) is 0. The first-order valence-electron chi connectivity index (χ1n) is 4.94. The summed E-state index contributed by atoms with van der Waals surface area (Å²) in [6.45, 7) is 6.47. The quantitative estimate of drug-likeness (QED) is 0.560. The molecule has 2 heteroatoms. The van der Waals surface area contributed by atoms with Gasteiger partial charge in [-0.05, 0) is 25.5 Å². The molecule has 0 aliphatic carbocycles. The summed E-state index contributed by atoms with van der Waals surface area (Å²) >= 11 is 0. The number of hydrogen-bond acceptors (Lipinski definition) is 0. The van der Waals surface area contributed by atoms with Gasteiger partial charge in [-0.1, -0.05) is 6.07 Å². The fourth-order valence-corrected chi connectivity index (χ4v) is 2.19. The van der Waals surface area contributed by atoms with Crippen molar-refractivity contribution in [3.05, 3.63) is 29.1 Å². The summed E-state index contributed by atoms with van der Waals surface area (Å²) in [7, 11) is 4.25. The minimum Gasteiger partial charge on any atom is -0.230 e. The van der Waals surface area contributed by atoms with E-state index in [0.717, 1.165) is 0 Å². The van der Waals surface area contributed by atoms with Crippen molar-refractivity contribution in [2.75, 3.05) is 0 Å². The predicted octanol–water partition coefficient (Wildman–Crippen LogP) is 1.93. The largest absolute Gasteiger partial charge is 0.253 e. The lowest BCUT2D eigenvalue weighted by Gasteiger charge is -1.96. The third kappa shape index (κ3) is 1.07. The van der Waals surface area contributed by atoms with E-state index in [-0.39, 0.29) is 0 Å². The van der Waals surface area contributed by atoms with Crippen LogP contribution in [0.4, 0.5) is 0 Å². The van der Waals surface area contributed by atoms with Crippen LogP contribution < -0.4 is 4.57 Å². The SMILES string of the molecule is Cc1cc(C)c2c(c1)[n+](C)c(C)n2C. The normalized spacial score (nSPS) is 11.2. The second-order valence-electron chi connectivity index (χ2n) is 4.11. The third-order valence-electron chi connectivity index (χ3n) is 3.09. The second kappa shape index (κ2) is 2.84. The molecule has 74 valence electrons. The Morgan fingerprint density at radius 3 is 2.43 bits per heavy atom. The average molecular weight is 189 g/mol. The minimum absolute atomic E-state index is 1.29. The van der Waals surface area contributed by atoms with Crippen LogP contribution in [-0.2, 0) is 14.1 Å². The topological polar surface area (TPSA) is 8.81 Å². The first-order chi connectivity index (χ1) is 6.52. The van der Waals surface area contributed by atoms with E-state index in [9.17, 15) is 0 Å². The number of nitrogens with zero attached hydrogens (tertiary/aromatic N) is 2. The van der Waals surface area contributed by atoms with Gasteiger partial charge in [0, 0.05) is 12.5 Å². The van der Waals surface area contributed by atoms with Gasteiger partial charge in [-0.3, -0.25) is 0 Å². The van der Waals surface area contributed by atoms with Crippen molar-refractivity contribution in [1.82, 2.24) is 4.57 Å². The van der Waals surface area contributed by atoms with Crippen LogP contribution in [0.25, 0.3) is 11.0 Å². The van der Waals surface area contributed by atoms with E-state index >= 15 is 0 Å². The van der Waals surface area contributed by atoms with Crippen molar-refractivity contribution in [2.24, 2.45) is 14.1 Å². The standard InChI is InChI=1S/C12H17N2/c1-8-6-9(2)12-11(7-8)13(4)10(3)14(12)5/h6-7H,1-5H3/q+1. The van der Waals surface area contributed by atoms with E-state index in [1.807, 2.05) is 0 Å². The second-order valence-corrected chi connectivity index (χ2v) is 4.11. The molecule has 0 aliphatic rings. The fourth-order valence-electron chi connectivity index (χ4n) is 2.19. The molecular weight excluding hydrogens is 172 g/mol. The van der Waals surface area contributed by atoms with E-state index in [4.69, 9.17) is 0 Å². The summed E-state index contributed by atoms with van der Waals surface area (Å²) < 4.78 is 4.50. The van der Waals surface area contributed by atoms with Gasteiger partial charge in [0.15, 0.2) is 11.0 Å². The van der Waals surface area contributed by atoms with E-state index in [0.29, 0.717) is 0 Å². The van der Waals surface area contributed by atoms with Crippen molar-refractivity contribution in [1.29, 1.82) is 0 Å². The molecule has 1 heterocycles. The highest BCUT2D eigenvalue weighted by Gasteiger charge is 2.17. The van der Waals surface area contributed by atoms with Gasteiger partial charge >= 0.3 is 0 Å². The van der Waals surface area contributed by atoms with Gasteiger partial charge in [0.2, 0.25) is 0 Å². The Labute approximate surface area is 84.8 Å². The molecule has 0 aliphatic heterocycles. The number of aromatic nitrogens is 2. The summed E-state index contributed by atoms with van der Waals surface area (Å²) in [4.78, 5) is 0. The molecular formula is C12H17N2+. The summed E-state index contributed by atoms with van der Waals surface area (Å²) in [6.07, 6.45) is 0. The zero-order valence-corrected chi connectivity index (χ0v) is 9.55. The van der Waals surface area contributed by atoms with Crippen LogP contribution in [0.1, 0.15) is 17.0 Å². The van der Waals surface area contributed by atoms with Crippen LogP contribution in [0.15, 0.2) is 12.1 Å². The van der Waals surface area contributed by atoms with E-state index < -0.39 is 0 Å². The molecule has 0 bridgehead atoms. The lowest BCUT2D eigenvalue weighted by molar-refractivity contribution is -0.652. The third-order valence-corrected chi connectivity index (χ3v) is 3.09. The van der Waals surface area contributed by atoms with Gasteiger partial charge in [0.25, 0.3) is 5.82 Å². The van der Waals surface area contributed by atoms with Crippen LogP contribution >= 0.6 is 0 Å². The molecule has 14 heavy (non-hydrogen) atoms. The van der Waals surface area contributed by atoms with Crippen LogP contribution in [0.3, 0.4) is 0 Å². The summed E-state index contributed by atoms with van der Waals surface area (Å²) in [5.74, 6) is 1.29. The van der Waals surface area contributed by atoms with Crippen LogP contribution in [0.5, 0.6) is 0 Å². The number of benzene rings is 1. The maximum absolute atomic E-state index is 2.25. The van der Waals surface area contributed by atoms with Gasteiger partial charge in [0.05, 0.1) is 14.1 Å². The molecule has 0 saturated heterocycles. The molecule has 2 rings (SSSR count). The molecule has 0 spiro atoms. The Bertz CT molecular complexity index is 507. The molecule has 0 saturated carbocycles. The van der Waals surface area contributed by atoms with E-state index in [2.05, 4.69) is 56.1 Å². The zero-order chi connectivity index (χ0) is 10.5. The first-order valence-corrected chi connectivity index (χ1v) is 4.94. The Hall–Kier alpha value is -1.31. The van der Waals surface area contributed by atoms with Crippen molar-refractivity contribution >= 4 is 11.0 Å². The molecule has 0 atom stereocenters. The highest BCUT2D eigenvalue weighted by atomic mass is 15.1. The fraction of sp³-hybridized carbons (Fsp3) is 0.417. The molecule has 0 amide bonds. The van der Waals surface area contributed by atoms with Crippen molar-refractivity contribution < 1.29 is 4.57 Å². The Morgan fingerprint density at radius 2 is 1.79 bits per heavy atom. The summed E-state index contributed by atoms with van der Waals surface area (Å²) in [5.41, 5.74) is 5.35. The van der Waals surface area contributed by atoms with Crippen molar-refractivity contribution in [2.45, 2.75) is 20.8 Å². The summed E-state index contributed by atoms with van der Waals surface area (Å²) in [5, 5.41) is 0. The Morgan fingerprint density at radius 1 is 1.14 bits per heavy atom. The highest BCUT2D eigenvalue weighted by molar-refractivity contribution is 5.77. The highest BCUT2D eigenvalue weighted by Crippen LogP contribution is 2.18. The lowest BCUT2D eigenvalue weighted by atomic mass is 10.1. The van der Waals surface area contributed by atoms with Crippen LogP contribution in [-0.4, -0.2) is 4.57 Å². The molecule has 0 N–H and O–H groups in total. The Kier molecular flexibility index (Phi) is 1.88. The maximum atomic E-state index is 2.25. The van der Waals surface area contributed by atoms with Crippen molar-refractivity contribution in [3.63, 3.8) is 0 Å². The monoisotopic (exact) mass is 189 g/mol. The molecule has 0 radical (unpaired) electrons. The van der Waals surface area contributed by atoms with Gasteiger partial charge in [-0.25, -0.2) is 9.13 Å². The van der Waals surface area contributed by atoms with Gasteiger partial charge in [-0.15, -0.1) is 0 Å². The maximum Gasteiger partial charge on any atom is 0.253 e. The average Bonchev–Trinajstić information content (AvgIpc) is 2.31. The smallest absolute Gasteiger partial charge is 0.230 e.